The number of rotatable bonds is 5. The van der Waals surface area contributed by atoms with Gasteiger partial charge in [-0.15, -0.1) is 0 Å². The van der Waals surface area contributed by atoms with Crippen molar-refractivity contribution >= 4 is 17.4 Å². The topological polar surface area (TPSA) is 52.5 Å². The fourth-order valence-electron chi connectivity index (χ4n) is 2.70. The zero-order chi connectivity index (χ0) is 14.7. The van der Waals surface area contributed by atoms with Crippen LogP contribution in [0.5, 0.6) is 0 Å². The predicted octanol–water partition coefficient (Wildman–Crippen LogP) is 1.58. The lowest BCUT2D eigenvalue weighted by Crippen LogP contribution is -2.38. The minimum atomic E-state index is -0.302. The van der Waals surface area contributed by atoms with Gasteiger partial charge in [0.2, 0.25) is 0 Å². The molecule has 6 heteroatoms. The molecule has 1 aliphatic heterocycles. The summed E-state index contributed by atoms with van der Waals surface area (Å²) < 4.78 is 0. The summed E-state index contributed by atoms with van der Waals surface area (Å²) in [4.78, 5) is 13.1. The van der Waals surface area contributed by atoms with Gasteiger partial charge in [-0.25, -0.2) is 9.97 Å². The van der Waals surface area contributed by atoms with Gasteiger partial charge in [-0.1, -0.05) is 18.5 Å². The lowest BCUT2D eigenvalue weighted by molar-refractivity contribution is 0.191. The Morgan fingerprint density at radius 1 is 1.45 bits per heavy atom. The van der Waals surface area contributed by atoms with Crippen molar-refractivity contribution in [2.75, 3.05) is 32.1 Å². The summed E-state index contributed by atoms with van der Waals surface area (Å²) in [7, 11) is 4.08. The minimum Gasteiger partial charge on any atom is -0.391 e. The molecule has 2 unspecified atom stereocenters. The maximum Gasteiger partial charge on any atom is 0.134 e. The molecule has 20 heavy (non-hydrogen) atoms. The Hall–Kier alpha value is -0.910. The van der Waals surface area contributed by atoms with Gasteiger partial charge >= 0.3 is 0 Å². The molecule has 2 heterocycles. The van der Waals surface area contributed by atoms with Crippen LogP contribution >= 0.6 is 11.6 Å². The van der Waals surface area contributed by atoms with Crippen molar-refractivity contribution in [1.29, 1.82) is 0 Å². The quantitative estimate of drug-likeness (QED) is 0.837. The highest BCUT2D eigenvalue weighted by molar-refractivity contribution is 6.29. The van der Waals surface area contributed by atoms with E-state index in [2.05, 4.69) is 26.7 Å². The molecule has 0 aromatic carbocycles. The van der Waals surface area contributed by atoms with Crippen LogP contribution in [0, 0.1) is 0 Å². The maximum atomic E-state index is 9.95. The summed E-state index contributed by atoms with van der Waals surface area (Å²) in [6.45, 7) is 3.59. The molecule has 0 radical (unpaired) electrons. The van der Waals surface area contributed by atoms with Gasteiger partial charge in [-0.3, -0.25) is 0 Å². The van der Waals surface area contributed by atoms with E-state index >= 15 is 0 Å². The summed E-state index contributed by atoms with van der Waals surface area (Å²) in [5, 5.41) is 10.4. The van der Waals surface area contributed by atoms with E-state index < -0.39 is 0 Å². The van der Waals surface area contributed by atoms with Crippen molar-refractivity contribution in [3.63, 3.8) is 0 Å². The molecular formula is C14H23ClN4O. The third-order valence-corrected chi connectivity index (χ3v) is 3.66. The Morgan fingerprint density at radius 3 is 2.85 bits per heavy atom. The summed E-state index contributed by atoms with van der Waals surface area (Å²) in [6, 6.07) is 2.06. The van der Waals surface area contributed by atoms with Crippen LogP contribution in [0.25, 0.3) is 0 Å². The van der Waals surface area contributed by atoms with Crippen molar-refractivity contribution < 1.29 is 5.11 Å². The largest absolute Gasteiger partial charge is 0.391 e. The first-order chi connectivity index (χ1) is 9.49. The van der Waals surface area contributed by atoms with Crippen molar-refractivity contribution in [3.05, 3.63) is 17.0 Å². The van der Waals surface area contributed by atoms with Crippen LogP contribution in [0.3, 0.4) is 0 Å². The molecule has 1 aromatic rings. The second-order valence-corrected chi connectivity index (χ2v) is 6.06. The molecule has 0 saturated carbocycles. The molecule has 0 bridgehead atoms. The Morgan fingerprint density at radius 2 is 2.20 bits per heavy atom. The molecule has 112 valence electrons. The molecule has 0 spiro atoms. The van der Waals surface area contributed by atoms with E-state index in [0.29, 0.717) is 11.7 Å². The highest BCUT2D eigenvalue weighted by Crippen LogP contribution is 2.26. The number of likely N-dealkylation sites (N-methyl/N-ethyl adjacent to an activating group) is 1. The summed E-state index contributed by atoms with van der Waals surface area (Å²) in [6.07, 6.45) is 2.28. The van der Waals surface area contributed by atoms with Crippen LogP contribution in [0.4, 0.5) is 5.82 Å². The van der Waals surface area contributed by atoms with Crippen LogP contribution in [0.15, 0.2) is 6.07 Å². The second-order valence-electron chi connectivity index (χ2n) is 5.67. The van der Waals surface area contributed by atoms with E-state index in [-0.39, 0.29) is 12.1 Å². The van der Waals surface area contributed by atoms with Gasteiger partial charge in [0.1, 0.15) is 16.8 Å². The van der Waals surface area contributed by atoms with Gasteiger partial charge in [0.05, 0.1) is 6.10 Å². The van der Waals surface area contributed by atoms with E-state index in [1.54, 1.807) is 6.07 Å². The SMILES string of the molecule is CCCc1nc(Cl)cc(N2CC(O)CC2CN(C)C)n1. The van der Waals surface area contributed by atoms with Crippen molar-refractivity contribution in [2.45, 2.75) is 38.3 Å². The lowest BCUT2D eigenvalue weighted by atomic mass is 10.2. The normalized spacial score (nSPS) is 22.8. The van der Waals surface area contributed by atoms with Gasteiger partial charge in [-0.2, -0.15) is 0 Å². The smallest absolute Gasteiger partial charge is 0.134 e. The van der Waals surface area contributed by atoms with E-state index in [1.807, 2.05) is 14.1 Å². The lowest BCUT2D eigenvalue weighted by Gasteiger charge is -2.28. The summed E-state index contributed by atoms with van der Waals surface area (Å²) in [5.41, 5.74) is 0. The number of β-amino-alcohol motifs (C(OH)–C–C–N with tert-alkyl or cyclic N) is 1. The van der Waals surface area contributed by atoms with Gasteiger partial charge < -0.3 is 14.9 Å². The molecular weight excluding hydrogens is 276 g/mol. The average Bonchev–Trinajstić information content (AvgIpc) is 2.69. The molecule has 2 atom stereocenters. The number of aliphatic hydroxyl groups excluding tert-OH is 1. The molecule has 1 aliphatic rings. The van der Waals surface area contributed by atoms with E-state index in [1.165, 1.54) is 0 Å². The van der Waals surface area contributed by atoms with Gasteiger partial charge in [0.25, 0.3) is 0 Å². The number of halogens is 1. The number of aryl methyl sites for hydroxylation is 1. The Bertz CT molecular complexity index is 455. The van der Waals surface area contributed by atoms with Crippen LogP contribution in [0.1, 0.15) is 25.6 Å². The van der Waals surface area contributed by atoms with Gasteiger partial charge in [-0.05, 0) is 26.9 Å². The summed E-state index contributed by atoms with van der Waals surface area (Å²) in [5.74, 6) is 1.61. The highest BCUT2D eigenvalue weighted by Gasteiger charge is 2.32. The predicted molar refractivity (Wildman–Crippen MR) is 81.3 cm³/mol. The van der Waals surface area contributed by atoms with E-state index in [4.69, 9.17) is 11.6 Å². The Labute approximate surface area is 125 Å². The van der Waals surface area contributed by atoms with Crippen molar-refractivity contribution in [2.24, 2.45) is 0 Å². The molecule has 2 rings (SSSR count). The zero-order valence-corrected chi connectivity index (χ0v) is 13.1. The molecule has 0 amide bonds. The first kappa shape index (κ1) is 15.5. The minimum absolute atomic E-state index is 0.264. The number of nitrogens with zero attached hydrogens (tertiary/aromatic N) is 4. The van der Waals surface area contributed by atoms with Crippen molar-refractivity contribution in [1.82, 2.24) is 14.9 Å². The Balaban J connectivity index is 2.23. The second kappa shape index (κ2) is 6.70. The maximum absolute atomic E-state index is 9.95. The fourth-order valence-corrected chi connectivity index (χ4v) is 2.90. The van der Waals surface area contributed by atoms with Crippen LogP contribution in [-0.4, -0.2) is 59.3 Å². The summed E-state index contributed by atoms with van der Waals surface area (Å²) >= 11 is 6.10. The van der Waals surface area contributed by atoms with E-state index in [0.717, 1.165) is 37.4 Å². The van der Waals surface area contributed by atoms with E-state index in [9.17, 15) is 5.11 Å². The number of anilines is 1. The van der Waals surface area contributed by atoms with Crippen LogP contribution in [-0.2, 0) is 6.42 Å². The van der Waals surface area contributed by atoms with Gasteiger partial charge in [0.15, 0.2) is 0 Å². The van der Waals surface area contributed by atoms with Crippen LogP contribution in [0.2, 0.25) is 5.15 Å². The number of aromatic nitrogens is 2. The van der Waals surface area contributed by atoms with Gasteiger partial charge in [0, 0.05) is 31.6 Å². The average molecular weight is 299 g/mol. The standard InChI is InChI=1S/C14H23ClN4O/c1-4-5-13-16-12(15)7-14(17-13)19-9-11(20)6-10(19)8-18(2)3/h7,10-11,20H,4-6,8-9H2,1-3H3. The highest BCUT2D eigenvalue weighted by atomic mass is 35.5. The zero-order valence-electron chi connectivity index (χ0n) is 12.4. The fraction of sp³-hybridized carbons (Fsp3) is 0.714. The number of hydrogen-bond acceptors (Lipinski definition) is 5. The third-order valence-electron chi connectivity index (χ3n) is 3.46. The number of hydrogen-bond donors (Lipinski definition) is 1. The molecule has 1 aromatic heterocycles. The van der Waals surface area contributed by atoms with Crippen LogP contribution < -0.4 is 4.90 Å². The molecule has 1 saturated heterocycles. The molecule has 0 aliphatic carbocycles. The third kappa shape index (κ3) is 3.81. The molecule has 1 N–H and O–H groups in total. The first-order valence-corrected chi connectivity index (χ1v) is 7.50. The Kier molecular flexibility index (Phi) is 5.18. The molecule has 1 fully saturated rings. The first-order valence-electron chi connectivity index (χ1n) is 7.12. The molecule has 5 nitrogen and oxygen atoms in total. The number of aliphatic hydroxyl groups is 1. The van der Waals surface area contributed by atoms with Crippen molar-refractivity contribution in [3.8, 4) is 0 Å². The monoisotopic (exact) mass is 298 g/mol.